The number of piperidine rings is 1. The lowest BCUT2D eigenvalue weighted by Gasteiger charge is -2.50. The Morgan fingerprint density at radius 1 is 0.939 bits per heavy atom. The molecule has 12 nitrogen and oxygen atoms in total. The van der Waals surface area contributed by atoms with E-state index < -0.39 is 46.3 Å². The minimum absolute atomic E-state index is 0.0671. The van der Waals surface area contributed by atoms with Crippen molar-refractivity contribution in [1.82, 2.24) is 24.7 Å². The van der Waals surface area contributed by atoms with Crippen LogP contribution >= 0.6 is 23.2 Å². The van der Waals surface area contributed by atoms with Gasteiger partial charge in [0.25, 0.3) is 0 Å². The highest BCUT2D eigenvalue weighted by molar-refractivity contribution is 6.31. The Hall–Kier alpha value is -5.00. The number of anilines is 1. The van der Waals surface area contributed by atoms with E-state index in [1.54, 1.807) is 38.2 Å². The highest BCUT2D eigenvalue weighted by Crippen LogP contribution is 2.67. The van der Waals surface area contributed by atoms with E-state index in [0.717, 1.165) is 62.5 Å². The van der Waals surface area contributed by atoms with Gasteiger partial charge in [-0.25, -0.2) is 9.18 Å². The van der Waals surface area contributed by atoms with Crippen molar-refractivity contribution in [2.75, 3.05) is 18.5 Å². The maximum atomic E-state index is 16.7. The second-order valence-corrected chi connectivity index (χ2v) is 20.4. The first-order valence-electron chi connectivity index (χ1n) is 23.4. The highest BCUT2D eigenvalue weighted by atomic mass is 35.5. The summed E-state index contributed by atoms with van der Waals surface area (Å²) >= 11 is 13.2. The molecule has 3 N–H and O–H groups in total. The van der Waals surface area contributed by atoms with Crippen molar-refractivity contribution in [2.45, 2.75) is 144 Å². The third-order valence-electron chi connectivity index (χ3n) is 15.4. The lowest BCUT2D eigenvalue weighted by molar-refractivity contribution is -0.136. The second-order valence-electron chi connectivity index (χ2n) is 19.5. The first-order valence-corrected chi connectivity index (χ1v) is 24.2. The number of carbonyl (C=O) groups is 4. The van der Waals surface area contributed by atoms with Gasteiger partial charge in [-0.2, -0.15) is 0 Å². The molecule has 9 rings (SSSR count). The van der Waals surface area contributed by atoms with Gasteiger partial charge in [0.05, 0.1) is 27.7 Å². The summed E-state index contributed by atoms with van der Waals surface area (Å²) in [5.74, 6) is 3.72. The maximum absolute atomic E-state index is 16.7. The minimum atomic E-state index is -1.32. The predicted octanol–water partition coefficient (Wildman–Crippen LogP) is 7.57. The van der Waals surface area contributed by atoms with Crippen LogP contribution in [0, 0.1) is 17.7 Å². The van der Waals surface area contributed by atoms with E-state index in [1.165, 1.54) is 15.2 Å². The molecule has 0 bridgehead atoms. The van der Waals surface area contributed by atoms with Crippen LogP contribution in [0.25, 0.3) is 11.0 Å². The zero-order valence-corrected chi connectivity index (χ0v) is 39.2. The summed E-state index contributed by atoms with van der Waals surface area (Å²) in [4.78, 5) is 72.0. The number of likely N-dealkylation sites (tertiary alicyclic amines) is 1. The van der Waals surface area contributed by atoms with Gasteiger partial charge >= 0.3 is 5.69 Å². The summed E-state index contributed by atoms with van der Waals surface area (Å²) < 4.78 is 19.6. The van der Waals surface area contributed by atoms with Crippen LogP contribution in [0.5, 0.6) is 0 Å². The average molecular weight is 940 g/mol. The zero-order chi connectivity index (χ0) is 46.7. The molecule has 1 unspecified atom stereocenters. The lowest BCUT2D eigenvalue weighted by Crippen LogP contribution is -2.62. The maximum Gasteiger partial charge on any atom is 0.329 e. The molecule has 4 heterocycles. The summed E-state index contributed by atoms with van der Waals surface area (Å²) in [5, 5.41) is 16.5. The molecule has 66 heavy (non-hydrogen) atoms. The van der Waals surface area contributed by atoms with Crippen molar-refractivity contribution in [3.8, 4) is 11.8 Å². The number of unbranched alkanes of at least 4 members (excludes halogenated alkanes) is 5. The van der Waals surface area contributed by atoms with Gasteiger partial charge < -0.3 is 15.3 Å². The largest absolute Gasteiger partial charge is 0.390 e. The number of halogens is 3. The molecule has 15 heteroatoms. The SMILES string of the molecule is CN1[C@@H](C(=O)N[C@H]2C[C@@](C)(O)C2)[C@H](c2cccc(Cl)c2F)[C@]2(C(=O)N(CCCCCCCC#Cc3ccc4c(c3)n(C)c(=O)n4C3CCC(=O)NC3=O)c3cc(Cl)ccc32)C12CCCCC2. The lowest BCUT2D eigenvalue weighted by atomic mass is 9.55. The molecule has 4 aromatic rings. The quantitative estimate of drug-likeness (QED) is 0.0800. The zero-order valence-electron chi connectivity index (χ0n) is 37.7. The number of likely N-dealkylation sites (N-methyl/N-ethyl adjacent to an activating group) is 1. The van der Waals surface area contributed by atoms with Crippen LogP contribution in [0.2, 0.25) is 10.0 Å². The number of hydrogen-bond donors (Lipinski definition) is 3. The Labute approximate surface area is 394 Å². The van der Waals surface area contributed by atoms with Crippen molar-refractivity contribution in [1.29, 1.82) is 0 Å². The number of aliphatic hydroxyl groups is 1. The summed E-state index contributed by atoms with van der Waals surface area (Å²) in [6.45, 7) is 2.19. The third kappa shape index (κ3) is 7.66. The van der Waals surface area contributed by atoms with E-state index >= 15 is 9.18 Å². The first kappa shape index (κ1) is 46.1. The van der Waals surface area contributed by atoms with E-state index in [2.05, 4.69) is 27.4 Å². The van der Waals surface area contributed by atoms with E-state index in [4.69, 9.17) is 23.2 Å². The van der Waals surface area contributed by atoms with Gasteiger partial charge in [0.1, 0.15) is 17.3 Å². The molecule has 1 aromatic heterocycles. The van der Waals surface area contributed by atoms with Crippen molar-refractivity contribution >= 4 is 63.6 Å². The van der Waals surface area contributed by atoms with Gasteiger partial charge in [-0.1, -0.05) is 91.8 Å². The van der Waals surface area contributed by atoms with E-state index in [1.807, 2.05) is 36.2 Å². The Bertz CT molecular complexity index is 2740. The van der Waals surface area contributed by atoms with Crippen LogP contribution < -0.4 is 21.2 Å². The highest BCUT2D eigenvalue weighted by Gasteiger charge is 2.76. The first-order chi connectivity index (χ1) is 31.6. The summed E-state index contributed by atoms with van der Waals surface area (Å²) in [6.07, 6.45) is 10.3. The van der Waals surface area contributed by atoms with Crippen molar-refractivity contribution < 1.29 is 28.7 Å². The van der Waals surface area contributed by atoms with Gasteiger partial charge in [-0.05, 0) is 106 Å². The molecule has 5 aliphatic rings. The normalized spacial score (nSPS) is 27.0. The molecule has 4 atom stereocenters. The Morgan fingerprint density at radius 3 is 2.42 bits per heavy atom. The molecule has 2 spiro atoms. The number of aromatic nitrogens is 2. The van der Waals surface area contributed by atoms with E-state index in [9.17, 15) is 24.3 Å². The number of benzene rings is 3. The van der Waals surface area contributed by atoms with Crippen LogP contribution in [-0.4, -0.2) is 79.6 Å². The fourth-order valence-corrected chi connectivity index (χ4v) is 12.7. The Morgan fingerprint density at radius 2 is 1.68 bits per heavy atom. The molecule has 2 aliphatic carbocycles. The molecule has 0 radical (unpaired) electrons. The van der Waals surface area contributed by atoms with Crippen LogP contribution in [0.3, 0.4) is 0 Å². The fraction of sp³-hybridized carbons (Fsp3) is 0.510. The van der Waals surface area contributed by atoms with Crippen LogP contribution in [0.15, 0.2) is 59.4 Å². The molecular weight excluding hydrogens is 883 g/mol. The smallest absolute Gasteiger partial charge is 0.329 e. The molecule has 3 aromatic carbocycles. The van der Waals surface area contributed by atoms with Crippen LogP contribution in [-0.2, 0) is 31.6 Å². The van der Waals surface area contributed by atoms with Crippen LogP contribution in [0.1, 0.15) is 132 Å². The number of amides is 4. The summed E-state index contributed by atoms with van der Waals surface area (Å²) in [7, 11) is 3.59. The predicted molar refractivity (Wildman–Crippen MR) is 252 cm³/mol. The van der Waals surface area contributed by atoms with Crippen molar-refractivity contribution in [2.24, 2.45) is 7.05 Å². The van der Waals surface area contributed by atoms with Gasteiger partial charge in [0, 0.05) is 60.2 Å². The number of nitrogens with zero attached hydrogens (tertiary/aromatic N) is 4. The standard InChI is InChI=1S/C51H57Cl2FN6O6/c1-49(66)29-33(30-49)55-46(63)44-42(34-16-14-17-36(53)43(34)54)51(50(58(44)3)24-11-9-12-25-50)35-20-19-32(52)28-39(35)59(47(51)64)26-13-8-6-4-5-7-10-15-31-18-21-37-40(27-31)57(2)48(65)60(37)38-22-23-41(61)56-45(38)62/h14,16-21,27-28,33,38,42,44,66H,4-9,11-13,22-26,29-30H2,1-3H3,(H,55,63)(H,56,61,62)/t33-,38?,42-,44+,49+,51+/m0/s1. The Balaban J connectivity index is 0.909. The number of hydrogen-bond acceptors (Lipinski definition) is 7. The Kier molecular flexibility index (Phi) is 12.5. The molecule has 2 saturated heterocycles. The monoisotopic (exact) mass is 938 g/mol. The molecule has 2 saturated carbocycles. The van der Waals surface area contributed by atoms with Crippen molar-refractivity contribution in [3.05, 3.63) is 97.6 Å². The van der Waals surface area contributed by atoms with Crippen molar-refractivity contribution in [3.63, 3.8) is 0 Å². The second kappa shape index (κ2) is 17.9. The number of imidazole rings is 1. The van der Waals surface area contributed by atoms with E-state index in [0.29, 0.717) is 60.4 Å². The molecule has 348 valence electrons. The van der Waals surface area contributed by atoms with Crippen LogP contribution in [0.4, 0.5) is 10.1 Å². The third-order valence-corrected chi connectivity index (χ3v) is 15.9. The molecule has 4 fully saturated rings. The number of imide groups is 1. The summed E-state index contributed by atoms with van der Waals surface area (Å²) in [5.41, 5.74) is 0.434. The number of rotatable bonds is 11. The fourth-order valence-electron chi connectivity index (χ4n) is 12.4. The van der Waals surface area contributed by atoms with Gasteiger partial charge in [0.15, 0.2) is 0 Å². The minimum Gasteiger partial charge on any atom is -0.390 e. The molecule has 3 aliphatic heterocycles. The number of nitrogens with one attached hydrogen (secondary N) is 2. The van der Waals surface area contributed by atoms with Gasteiger partial charge in [-0.15, -0.1) is 0 Å². The van der Waals surface area contributed by atoms with Gasteiger partial charge in [0.2, 0.25) is 23.6 Å². The molecular formula is C51H57Cl2FN6O6. The van der Waals surface area contributed by atoms with E-state index in [-0.39, 0.29) is 52.9 Å². The molecule has 4 amide bonds. The number of carbonyl (C=O) groups excluding carboxylic acids is 4. The number of aryl methyl sites for hydroxylation is 1. The van der Waals surface area contributed by atoms with Gasteiger partial charge in [-0.3, -0.25) is 38.5 Å². The summed E-state index contributed by atoms with van der Waals surface area (Å²) in [6, 6.07) is 14.1. The average Bonchev–Trinajstić information content (AvgIpc) is 3.75. The number of fused-ring (bicyclic) bond motifs is 4. The topological polar surface area (TPSA) is 146 Å².